The summed E-state index contributed by atoms with van der Waals surface area (Å²) in [7, 11) is 3.80. The summed E-state index contributed by atoms with van der Waals surface area (Å²) >= 11 is 0. The first kappa shape index (κ1) is 29.1. The van der Waals surface area contributed by atoms with E-state index in [9.17, 15) is 14.7 Å². The second kappa shape index (κ2) is 10.9. The molecule has 4 aliphatic rings. The lowest BCUT2D eigenvalue weighted by molar-refractivity contribution is 0.0694. The average molecular weight is 627 g/mol. The minimum atomic E-state index is -1.27. The third kappa shape index (κ3) is 4.43. The Hall–Kier alpha value is -4.35. The summed E-state index contributed by atoms with van der Waals surface area (Å²) in [4.78, 5) is 37.6. The number of hydrogen-bond acceptors (Lipinski definition) is 7. The van der Waals surface area contributed by atoms with Gasteiger partial charge < -0.3 is 20.2 Å². The van der Waals surface area contributed by atoms with E-state index in [0.717, 1.165) is 63.2 Å². The molecule has 4 aromatic rings. The number of nitrogens with zero attached hydrogens (tertiary/aromatic N) is 5. The molecule has 3 saturated heterocycles. The van der Waals surface area contributed by atoms with Gasteiger partial charge in [-0.25, -0.2) is 13.6 Å². The molecular formula is C35H36F2N6O3. The minimum Gasteiger partial charge on any atom is -0.477 e. The van der Waals surface area contributed by atoms with Crippen LogP contribution in [0.4, 0.5) is 20.2 Å². The fourth-order valence-electron chi connectivity index (χ4n) is 8.39. The molecule has 238 valence electrons. The van der Waals surface area contributed by atoms with Crippen LogP contribution in [0.15, 0.2) is 41.5 Å². The predicted octanol–water partition coefficient (Wildman–Crippen LogP) is 4.69. The topological polar surface area (TPSA) is 93.4 Å². The van der Waals surface area contributed by atoms with Crippen LogP contribution >= 0.6 is 0 Å². The van der Waals surface area contributed by atoms with Gasteiger partial charge in [0.15, 0.2) is 11.6 Å². The highest BCUT2D eigenvalue weighted by atomic mass is 19.2. The van der Waals surface area contributed by atoms with Gasteiger partial charge in [0.05, 0.1) is 16.9 Å². The molecular weight excluding hydrogens is 590 g/mol. The normalized spacial score (nSPS) is 20.8. The Kier molecular flexibility index (Phi) is 6.88. The maximum absolute atomic E-state index is 15.9. The Balaban J connectivity index is 1.36. The summed E-state index contributed by atoms with van der Waals surface area (Å²) in [5, 5.41) is 13.0. The standard InChI is InChI=1S/C35H36F2N6O3/c1-38-26-13-25(36)32(37)30-22(26)12-27-31(30)33(42-10-7-20-15-40(2)18-29(20)42)24(14-39-27)19-5-6-28-21(16-41-8-3-4-9-41)11-23(35(45)46)34(44)43(28)17-19/h5-6,11,13-14,17,20,29,38H,3-4,7-10,12,15-16,18H2,1-2H3,(H,45,46)/t20-,29?/m0/s1. The number of halogens is 2. The van der Waals surface area contributed by atoms with E-state index in [-0.39, 0.29) is 17.2 Å². The monoisotopic (exact) mass is 626 g/mol. The molecule has 3 fully saturated rings. The molecule has 3 aromatic heterocycles. The Morgan fingerprint density at radius 3 is 2.67 bits per heavy atom. The van der Waals surface area contributed by atoms with E-state index in [4.69, 9.17) is 4.98 Å². The first-order valence-electron chi connectivity index (χ1n) is 16.0. The summed E-state index contributed by atoms with van der Waals surface area (Å²) in [6, 6.07) is 6.70. The van der Waals surface area contributed by atoms with Crippen molar-refractivity contribution in [2.24, 2.45) is 5.92 Å². The number of benzene rings is 1. The van der Waals surface area contributed by atoms with E-state index in [1.165, 1.54) is 16.5 Å². The molecule has 0 bridgehead atoms. The second-order valence-corrected chi connectivity index (χ2v) is 13.2. The van der Waals surface area contributed by atoms with Crippen molar-refractivity contribution in [2.75, 3.05) is 57.0 Å². The summed E-state index contributed by atoms with van der Waals surface area (Å²) in [5.41, 5.74) is 5.40. The van der Waals surface area contributed by atoms with Crippen molar-refractivity contribution in [1.82, 2.24) is 19.2 Å². The zero-order valence-corrected chi connectivity index (χ0v) is 25.9. The Labute approximate surface area is 265 Å². The molecule has 0 radical (unpaired) electrons. The molecule has 9 nitrogen and oxygen atoms in total. The minimum absolute atomic E-state index is 0.188. The first-order valence-corrected chi connectivity index (χ1v) is 16.0. The molecule has 46 heavy (non-hydrogen) atoms. The van der Waals surface area contributed by atoms with Crippen LogP contribution in [0.2, 0.25) is 0 Å². The Bertz CT molecular complexity index is 1990. The van der Waals surface area contributed by atoms with Gasteiger partial charge in [0.2, 0.25) is 0 Å². The maximum Gasteiger partial charge on any atom is 0.341 e. The highest BCUT2D eigenvalue weighted by Crippen LogP contribution is 2.52. The Morgan fingerprint density at radius 2 is 1.91 bits per heavy atom. The zero-order chi connectivity index (χ0) is 31.9. The molecule has 8 rings (SSSR count). The fraction of sp³-hybridized carbons (Fsp3) is 0.400. The number of rotatable bonds is 6. The summed E-state index contributed by atoms with van der Waals surface area (Å²) in [5.74, 6) is -2.63. The van der Waals surface area contributed by atoms with Gasteiger partial charge in [0, 0.05) is 92.1 Å². The highest BCUT2D eigenvalue weighted by molar-refractivity contribution is 5.97. The largest absolute Gasteiger partial charge is 0.477 e. The van der Waals surface area contributed by atoms with Gasteiger partial charge in [-0.2, -0.15) is 0 Å². The van der Waals surface area contributed by atoms with E-state index < -0.39 is 23.2 Å². The van der Waals surface area contributed by atoms with E-state index in [2.05, 4.69) is 27.1 Å². The number of nitrogens with one attached hydrogen (secondary N) is 1. The fourth-order valence-corrected chi connectivity index (χ4v) is 8.39. The molecule has 6 heterocycles. The summed E-state index contributed by atoms with van der Waals surface area (Å²) in [6.45, 7) is 4.98. The number of carboxylic acids is 1. The first-order chi connectivity index (χ1) is 22.2. The highest BCUT2D eigenvalue weighted by Gasteiger charge is 2.43. The van der Waals surface area contributed by atoms with Crippen molar-refractivity contribution in [2.45, 2.75) is 38.3 Å². The lowest BCUT2D eigenvalue weighted by atomic mass is 9.96. The van der Waals surface area contributed by atoms with Crippen LogP contribution in [-0.4, -0.2) is 83.1 Å². The van der Waals surface area contributed by atoms with Gasteiger partial charge in [-0.3, -0.25) is 19.1 Å². The van der Waals surface area contributed by atoms with Crippen LogP contribution in [0.5, 0.6) is 0 Å². The van der Waals surface area contributed by atoms with Gasteiger partial charge in [-0.15, -0.1) is 0 Å². The van der Waals surface area contributed by atoms with E-state index >= 15 is 8.78 Å². The molecule has 1 aromatic carbocycles. The van der Waals surface area contributed by atoms with Crippen molar-refractivity contribution in [1.29, 1.82) is 0 Å². The average Bonchev–Trinajstić information content (AvgIpc) is 3.84. The number of pyridine rings is 3. The smallest absolute Gasteiger partial charge is 0.341 e. The third-order valence-electron chi connectivity index (χ3n) is 10.5. The predicted molar refractivity (Wildman–Crippen MR) is 173 cm³/mol. The quantitative estimate of drug-likeness (QED) is 0.281. The number of aromatic nitrogens is 2. The number of carboxylic acid groups (broad SMARTS) is 1. The van der Waals surface area contributed by atoms with E-state index in [1.807, 2.05) is 12.1 Å². The molecule has 0 saturated carbocycles. The molecule has 0 spiro atoms. The van der Waals surface area contributed by atoms with E-state index in [1.54, 1.807) is 19.4 Å². The molecule has 2 atom stereocenters. The number of likely N-dealkylation sites (N-methyl/N-ethyl adjacent to an activating group) is 1. The number of anilines is 2. The molecule has 0 amide bonds. The number of fused-ring (bicyclic) bond motifs is 5. The van der Waals surface area contributed by atoms with Crippen LogP contribution in [0.1, 0.15) is 46.4 Å². The van der Waals surface area contributed by atoms with Gasteiger partial charge in [-0.1, -0.05) is 6.07 Å². The van der Waals surface area contributed by atoms with Crippen LogP contribution in [0.3, 0.4) is 0 Å². The zero-order valence-electron chi connectivity index (χ0n) is 25.9. The molecule has 1 unspecified atom stereocenters. The van der Waals surface area contributed by atoms with Crippen LogP contribution < -0.4 is 15.8 Å². The summed E-state index contributed by atoms with van der Waals surface area (Å²) in [6.07, 6.45) is 6.99. The number of carbonyl (C=O) groups is 1. The van der Waals surface area contributed by atoms with Crippen molar-refractivity contribution >= 4 is 22.9 Å². The molecule has 11 heteroatoms. The van der Waals surface area contributed by atoms with Gasteiger partial charge in [0.25, 0.3) is 5.56 Å². The van der Waals surface area contributed by atoms with Crippen LogP contribution in [0.25, 0.3) is 27.8 Å². The lowest BCUT2D eigenvalue weighted by Crippen LogP contribution is -2.35. The summed E-state index contributed by atoms with van der Waals surface area (Å²) < 4.78 is 32.4. The number of aromatic carboxylic acids is 1. The molecule has 1 aliphatic carbocycles. The molecule has 2 N–H and O–H groups in total. The van der Waals surface area contributed by atoms with Gasteiger partial charge >= 0.3 is 5.97 Å². The van der Waals surface area contributed by atoms with Crippen LogP contribution in [0, 0.1) is 17.6 Å². The van der Waals surface area contributed by atoms with Crippen molar-refractivity contribution in [3.05, 3.63) is 81.0 Å². The number of likely N-dealkylation sites (tertiary alicyclic amines) is 2. The third-order valence-corrected chi connectivity index (χ3v) is 10.5. The van der Waals surface area contributed by atoms with Crippen molar-refractivity contribution in [3.8, 4) is 22.3 Å². The maximum atomic E-state index is 15.9. The second-order valence-electron chi connectivity index (χ2n) is 13.2. The van der Waals surface area contributed by atoms with Crippen LogP contribution in [-0.2, 0) is 13.0 Å². The van der Waals surface area contributed by atoms with E-state index in [0.29, 0.717) is 58.0 Å². The van der Waals surface area contributed by atoms with Crippen molar-refractivity contribution in [3.63, 3.8) is 0 Å². The van der Waals surface area contributed by atoms with Gasteiger partial charge in [0.1, 0.15) is 5.56 Å². The number of hydrogen-bond donors (Lipinski definition) is 2. The van der Waals surface area contributed by atoms with Crippen molar-refractivity contribution < 1.29 is 18.7 Å². The lowest BCUT2D eigenvalue weighted by Gasteiger charge is -2.31. The Morgan fingerprint density at radius 1 is 1.11 bits per heavy atom. The molecule has 3 aliphatic heterocycles. The van der Waals surface area contributed by atoms with Gasteiger partial charge in [-0.05, 0) is 68.6 Å². The SMILES string of the molecule is CNc1cc(F)c(F)c2c1Cc1ncc(-c3ccc4c(CN5CCCC5)cc(C(=O)O)c(=O)n4c3)c(N3CC[C@H]4CN(C)CC43)c1-2.